The number of hydrogen-bond donors (Lipinski definition) is 3. The first-order chi connectivity index (χ1) is 3.72. The molecule has 0 amide bonds. The van der Waals surface area contributed by atoms with E-state index in [1.54, 1.807) is 14.0 Å². The van der Waals surface area contributed by atoms with Gasteiger partial charge in [-0.15, -0.1) is 0 Å². The van der Waals surface area contributed by atoms with Crippen LogP contribution in [-0.2, 0) is 0 Å². The van der Waals surface area contributed by atoms with Gasteiger partial charge in [0.05, 0.1) is 18.8 Å². The van der Waals surface area contributed by atoms with Gasteiger partial charge in [0, 0.05) is 0 Å². The van der Waals surface area contributed by atoms with Crippen LogP contribution in [-0.4, -0.2) is 36.0 Å². The number of nitrogens with one attached hydrogen (secondary N) is 1. The molecule has 2 atom stereocenters. The molecule has 0 radical (unpaired) electrons. The average molecular weight is 119 g/mol. The van der Waals surface area contributed by atoms with E-state index in [9.17, 15) is 0 Å². The lowest BCUT2D eigenvalue weighted by molar-refractivity contribution is 0.108. The Balaban J connectivity index is 3.35. The number of aliphatic hydroxyl groups excluding tert-OH is 2. The second-order valence-electron chi connectivity index (χ2n) is 1.82. The lowest BCUT2D eigenvalue weighted by Gasteiger charge is -2.14. The molecular weight excluding hydrogens is 106 g/mol. The molecule has 0 aromatic carbocycles. The maximum Gasteiger partial charge on any atom is 0.0687 e. The summed E-state index contributed by atoms with van der Waals surface area (Å²) < 4.78 is 0. The summed E-state index contributed by atoms with van der Waals surface area (Å²) in [6.07, 6.45) is -0.481. The van der Waals surface area contributed by atoms with Crippen LogP contribution in [0, 0.1) is 0 Å². The summed E-state index contributed by atoms with van der Waals surface area (Å²) in [7, 11) is 1.70. The molecular formula is C5H13NO2. The van der Waals surface area contributed by atoms with E-state index in [1.165, 1.54) is 0 Å². The predicted molar refractivity (Wildman–Crippen MR) is 31.6 cm³/mol. The second-order valence-corrected chi connectivity index (χ2v) is 1.82. The Bertz CT molecular complexity index is 52.4. The molecule has 0 aromatic heterocycles. The van der Waals surface area contributed by atoms with Crippen molar-refractivity contribution in [3.05, 3.63) is 0 Å². The SMILES string of the molecule is CN[C@@H](CO)[C@@H](C)O. The predicted octanol–water partition coefficient (Wildman–Crippen LogP) is -1.05. The Morgan fingerprint density at radius 1 is 1.62 bits per heavy atom. The van der Waals surface area contributed by atoms with Crippen molar-refractivity contribution in [3.63, 3.8) is 0 Å². The minimum absolute atomic E-state index is 0.0197. The van der Waals surface area contributed by atoms with Crippen LogP contribution < -0.4 is 5.32 Å². The van der Waals surface area contributed by atoms with Gasteiger partial charge in [0.15, 0.2) is 0 Å². The molecule has 8 heavy (non-hydrogen) atoms. The van der Waals surface area contributed by atoms with Gasteiger partial charge in [-0.1, -0.05) is 0 Å². The van der Waals surface area contributed by atoms with Gasteiger partial charge in [-0.2, -0.15) is 0 Å². The van der Waals surface area contributed by atoms with Gasteiger partial charge in [-0.25, -0.2) is 0 Å². The highest BCUT2D eigenvalue weighted by Gasteiger charge is 2.08. The smallest absolute Gasteiger partial charge is 0.0687 e. The molecule has 0 fully saturated rings. The maximum atomic E-state index is 8.79. The van der Waals surface area contributed by atoms with Crippen LogP contribution in [0.1, 0.15) is 6.92 Å². The van der Waals surface area contributed by atoms with Crippen molar-refractivity contribution in [2.24, 2.45) is 0 Å². The molecule has 3 nitrogen and oxygen atoms in total. The third-order valence-corrected chi connectivity index (χ3v) is 1.15. The van der Waals surface area contributed by atoms with Crippen LogP contribution >= 0.6 is 0 Å². The molecule has 0 aliphatic carbocycles. The molecule has 0 unspecified atom stereocenters. The quantitative estimate of drug-likeness (QED) is 0.444. The molecule has 0 saturated carbocycles. The van der Waals surface area contributed by atoms with Crippen molar-refractivity contribution in [1.82, 2.24) is 5.32 Å². The van der Waals surface area contributed by atoms with Gasteiger partial charge < -0.3 is 15.5 Å². The monoisotopic (exact) mass is 119 g/mol. The average Bonchev–Trinajstić information content (AvgIpc) is 1.69. The van der Waals surface area contributed by atoms with Crippen molar-refractivity contribution in [2.75, 3.05) is 13.7 Å². The number of aliphatic hydroxyl groups is 2. The van der Waals surface area contributed by atoms with Gasteiger partial charge in [-0.05, 0) is 14.0 Å². The van der Waals surface area contributed by atoms with E-state index < -0.39 is 6.10 Å². The molecule has 0 rings (SSSR count). The van der Waals surface area contributed by atoms with Crippen LogP contribution in [0.25, 0.3) is 0 Å². The van der Waals surface area contributed by atoms with E-state index in [4.69, 9.17) is 10.2 Å². The fourth-order valence-electron chi connectivity index (χ4n) is 0.485. The molecule has 0 bridgehead atoms. The second kappa shape index (κ2) is 3.83. The summed E-state index contributed by atoms with van der Waals surface area (Å²) in [5.41, 5.74) is 0. The Morgan fingerprint density at radius 2 is 2.12 bits per heavy atom. The standard InChI is InChI=1S/C5H13NO2/c1-4(8)5(3-7)6-2/h4-8H,3H2,1-2H3/t4-,5+/m1/s1. The molecule has 0 saturated heterocycles. The van der Waals surface area contributed by atoms with Crippen molar-refractivity contribution in [1.29, 1.82) is 0 Å². The lowest BCUT2D eigenvalue weighted by atomic mass is 10.2. The van der Waals surface area contributed by atoms with E-state index in [0.29, 0.717) is 0 Å². The van der Waals surface area contributed by atoms with Gasteiger partial charge in [0.1, 0.15) is 0 Å². The molecule has 0 spiro atoms. The fraction of sp³-hybridized carbons (Fsp3) is 1.00. The van der Waals surface area contributed by atoms with Crippen molar-refractivity contribution >= 4 is 0 Å². The van der Waals surface area contributed by atoms with Crippen LogP contribution in [0.4, 0.5) is 0 Å². The van der Waals surface area contributed by atoms with Crippen molar-refractivity contribution < 1.29 is 10.2 Å². The zero-order valence-electron chi connectivity index (χ0n) is 5.26. The Morgan fingerprint density at radius 3 is 2.12 bits per heavy atom. The highest BCUT2D eigenvalue weighted by atomic mass is 16.3. The summed E-state index contributed by atoms with van der Waals surface area (Å²) in [4.78, 5) is 0. The first kappa shape index (κ1) is 7.88. The van der Waals surface area contributed by atoms with E-state index in [1.807, 2.05) is 0 Å². The molecule has 0 heterocycles. The third kappa shape index (κ3) is 2.26. The summed E-state index contributed by atoms with van der Waals surface area (Å²) in [6, 6.07) is -0.185. The molecule has 50 valence electrons. The first-order valence-electron chi connectivity index (χ1n) is 2.68. The maximum absolute atomic E-state index is 8.79. The van der Waals surface area contributed by atoms with Crippen LogP contribution in [0.2, 0.25) is 0 Å². The summed E-state index contributed by atoms with van der Waals surface area (Å²) in [5, 5.41) is 20.0. The minimum atomic E-state index is -0.481. The normalized spacial score (nSPS) is 18.0. The zero-order chi connectivity index (χ0) is 6.57. The number of likely N-dealkylation sites (N-methyl/N-ethyl adjacent to an activating group) is 1. The molecule has 0 aliphatic heterocycles. The van der Waals surface area contributed by atoms with Crippen molar-refractivity contribution in [2.45, 2.75) is 19.1 Å². The van der Waals surface area contributed by atoms with E-state index in [0.717, 1.165) is 0 Å². The Kier molecular flexibility index (Phi) is 3.77. The van der Waals surface area contributed by atoms with Gasteiger partial charge in [0.2, 0.25) is 0 Å². The Labute approximate surface area is 49.3 Å². The molecule has 0 aliphatic rings. The topological polar surface area (TPSA) is 52.5 Å². The van der Waals surface area contributed by atoms with E-state index in [2.05, 4.69) is 5.32 Å². The molecule has 3 heteroatoms. The van der Waals surface area contributed by atoms with E-state index >= 15 is 0 Å². The lowest BCUT2D eigenvalue weighted by Crippen LogP contribution is -2.38. The van der Waals surface area contributed by atoms with Crippen LogP contribution in [0.3, 0.4) is 0 Å². The summed E-state index contributed by atoms with van der Waals surface area (Å²) in [6.45, 7) is 1.62. The zero-order valence-corrected chi connectivity index (χ0v) is 5.26. The highest BCUT2D eigenvalue weighted by Crippen LogP contribution is 1.87. The minimum Gasteiger partial charge on any atom is -0.395 e. The fourth-order valence-corrected chi connectivity index (χ4v) is 0.485. The van der Waals surface area contributed by atoms with Gasteiger partial charge in [-0.3, -0.25) is 0 Å². The molecule has 0 aromatic rings. The largest absolute Gasteiger partial charge is 0.395 e. The molecule has 3 N–H and O–H groups in total. The van der Waals surface area contributed by atoms with Gasteiger partial charge in [0.25, 0.3) is 0 Å². The Hall–Kier alpha value is -0.120. The van der Waals surface area contributed by atoms with E-state index in [-0.39, 0.29) is 12.6 Å². The van der Waals surface area contributed by atoms with Gasteiger partial charge >= 0.3 is 0 Å². The van der Waals surface area contributed by atoms with Crippen molar-refractivity contribution in [3.8, 4) is 0 Å². The highest BCUT2D eigenvalue weighted by molar-refractivity contribution is 4.67. The van der Waals surface area contributed by atoms with Crippen LogP contribution in [0.15, 0.2) is 0 Å². The number of rotatable bonds is 3. The van der Waals surface area contributed by atoms with Crippen LogP contribution in [0.5, 0.6) is 0 Å². The summed E-state index contributed by atoms with van der Waals surface area (Å²) >= 11 is 0. The number of hydrogen-bond acceptors (Lipinski definition) is 3. The third-order valence-electron chi connectivity index (χ3n) is 1.15. The summed E-state index contributed by atoms with van der Waals surface area (Å²) in [5.74, 6) is 0. The first-order valence-corrected chi connectivity index (χ1v) is 2.68.